The lowest BCUT2D eigenvalue weighted by Gasteiger charge is -2.40. The average Bonchev–Trinajstić information content (AvgIpc) is 2.83. The zero-order valence-corrected chi connectivity index (χ0v) is 23.6. The van der Waals surface area contributed by atoms with E-state index in [4.69, 9.17) is 9.05 Å². The third kappa shape index (κ3) is 14.6. The SMILES string of the molecule is CCCCCCCCCCCCCCCCOP(=O)(O)OC1CC[N+](C)(Cc2ccccc2)CC1. The van der Waals surface area contributed by atoms with Gasteiger partial charge in [-0.2, -0.15) is 0 Å². The van der Waals surface area contributed by atoms with Crippen LogP contribution in [0.2, 0.25) is 0 Å². The van der Waals surface area contributed by atoms with E-state index in [9.17, 15) is 9.46 Å². The third-order valence-corrected chi connectivity index (χ3v) is 8.50. The first-order valence-electron chi connectivity index (χ1n) is 14.5. The predicted molar refractivity (Wildman–Crippen MR) is 146 cm³/mol. The molecule has 6 heteroatoms. The molecule has 0 saturated carbocycles. The highest BCUT2D eigenvalue weighted by atomic mass is 31.2. The van der Waals surface area contributed by atoms with Gasteiger partial charge in [-0.1, -0.05) is 121 Å². The largest absolute Gasteiger partial charge is 0.472 e. The molecule has 0 radical (unpaired) electrons. The highest BCUT2D eigenvalue weighted by Gasteiger charge is 2.35. The fourth-order valence-corrected chi connectivity index (χ4v) is 6.16. The van der Waals surface area contributed by atoms with E-state index in [2.05, 4.69) is 38.2 Å². The van der Waals surface area contributed by atoms with Crippen molar-refractivity contribution in [1.29, 1.82) is 0 Å². The van der Waals surface area contributed by atoms with Gasteiger partial charge in [0.15, 0.2) is 0 Å². The van der Waals surface area contributed by atoms with Crippen molar-refractivity contribution in [1.82, 2.24) is 0 Å². The number of piperidine rings is 1. The molecule has 2 rings (SSSR count). The van der Waals surface area contributed by atoms with Gasteiger partial charge in [0.25, 0.3) is 0 Å². The molecular weight excluding hydrogens is 457 g/mol. The summed E-state index contributed by atoms with van der Waals surface area (Å²) < 4.78 is 24.1. The van der Waals surface area contributed by atoms with Gasteiger partial charge in [-0.05, 0) is 6.42 Å². The number of nitrogens with zero attached hydrogens (tertiary/aromatic N) is 1. The van der Waals surface area contributed by atoms with Gasteiger partial charge < -0.3 is 9.38 Å². The number of likely N-dealkylation sites (tertiary alicyclic amines) is 1. The molecule has 1 aromatic rings. The van der Waals surface area contributed by atoms with Gasteiger partial charge in [0.2, 0.25) is 0 Å². The van der Waals surface area contributed by atoms with Gasteiger partial charge in [0.05, 0.1) is 32.8 Å². The summed E-state index contributed by atoms with van der Waals surface area (Å²) in [5.74, 6) is 0. The molecule has 1 heterocycles. The molecule has 0 spiro atoms. The number of hydrogen-bond donors (Lipinski definition) is 1. The molecule has 1 unspecified atom stereocenters. The average molecular weight is 511 g/mol. The second kappa shape index (κ2) is 17.7. The molecule has 0 bridgehead atoms. The molecule has 1 N–H and O–H groups in total. The molecule has 1 aromatic carbocycles. The van der Waals surface area contributed by atoms with Crippen LogP contribution in [0.5, 0.6) is 0 Å². The predicted octanol–water partition coefficient (Wildman–Crippen LogP) is 8.41. The molecule has 0 aliphatic carbocycles. The van der Waals surface area contributed by atoms with E-state index in [-0.39, 0.29) is 6.10 Å². The number of phosphoric acid groups is 1. The molecule has 1 aliphatic heterocycles. The molecule has 35 heavy (non-hydrogen) atoms. The maximum atomic E-state index is 12.4. The van der Waals surface area contributed by atoms with Crippen molar-refractivity contribution in [3.05, 3.63) is 35.9 Å². The first kappa shape index (κ1) is 30.5. The maximum Gasteiger partial charge on any atom is 0.472 e. The van der Waals surface area contributed by atoms with Gasteiger partial charge in [-0.25, -0.2) is 4.57 Å². The first-order valence-corrected chi connectivity index (χ1v) is 16.0. The Morgan fingerprint density at radius 3 is 1.83 bits per heavy atom. The molecule has 5 nitrogen and oxygen atoms in total. The van der Waals surface area contributed by atoms with Crippen molar-refractivity contribution in [2.45, 2.75) is 122 Å². The standard InChI is InChI=1S/C29H52NO4P/c1-3-4-5-6-7-8-9-10-11-12-13-14-15-19-26-33-35(31,32)34-29-22-24-30(2,25-23-29)27-28-20-17-16-18-21-28/h16-18,20-21,29H,3-15,19,22-27H2,1-2H3/p+1. The number of benzene rings is 1. The van der Waals surface area contributed by atoms with E-state index in [1.54, 1.807) is 0 Å². The van der Waals surface area contributed by atoms with Crippen LogP contribution >= 0.6 is 7.82 Å². The van der Waals surface area contributed by atoms with Crippen LogP contribution in [0, 0.1) is 0 Å². The quantitative estimate of drug-likeness (QED) is 0.109. The Morgan fingerprint density at radius 1 is 0.829 bits per heavy atom. The number of rotatable bonds is 20. The van der Waals surface area contributed by atoms with Gasteiger partial charge in [-0.15, -0.1) is 0 Å². The Kier molecular flexibility index (Phi) is 15.4. The van der Waals surface area contributed by atoms with Crippen LogP contribution in [0.3, 0.4) is 0 Å². The normalized spacial score (nSPS) is 22.2. The highest BCUT2D eigenvalue weighted by Crippen LogP contribution is 2.46. The van der Waals surface area contributed by atoms with Crippen LogP contribution in [0.15, 0.2) is 30.3 Å². The number of quaternary nitrogens is 1. The summed E-state index contributed by atoms with van der Waals surface area (Å²) in [7, 11) is -1.70. The van der Waals surface area contributed by atoms with E-state index >= 15 is 0 Å². The van der Waals surface area contributed by atoms with Crippen LogP contribution in [-0.4, -0.2) is 42.2 Å². The zero-order chi connectivity index (χ0) is 25.2. The lowest BCUT2D eigenvalue weighted by atomic mass is 10.0. The lowest BCUT2D eigenvalue weighted by molar-refractivity contribution is -0.927. The monoisotopic (exact) mass is 510 g/mol. The fraction of sp³-hybridized carbons (Fsp3) is 0.793. The summed E-state index contributed by atoms with van der Waals surface area (Å²) in [5, 5.41) is 0. The zero-order valence-electron chi connectivity index (χ0n) is 22.7. The summed E-state index contributed by atoms with van der Waals surface area (Å²) in [6.07, 6.45) is 19.4. The van der Waals surface area contributed by atoms with Crippen molar-refractivity contribution in [3.63, 3.8) is 0 Å². The van der Waals surface area contributed by atoms with E-state index in [1.807, 2.05) is 6.07 Å². The van der Waals surface area contributed by atoms with Gasteiger partial charge in [0.1, 0.15) is 6.54 Å². The van der Waals surface area contributed by atoms with Crippen molar-refractivity contribution < 1.29 is 23.0 Å². The highest BCUT2D eigenvalue weighted by molar-refractivity contribution is 7.47. The van der Waals surface area contributed by atoms with Gasteiger partial charge in [-0.3, -0.25) is 9.05 Å². The smallest absolute Gasteiger partial charge is 0.322 e. The number of phosphoric ester groups is 1. The molecule has 1 aliphatic rings. The second-order valence-electron chi connectivity index (χ2n) is 10.9. The van der Waals surface area contributed by atoms with Crippen LogP contribution in [0.25, 0.3) is 0 Å². The summed E-state index contributed by atoms with van der Waals surface area (Å²) in [6, 6.07) is 10.5. The molecule has 0 aromatic heterocycles. The van der Waals surface area contributed by atoms with E-state index in [0.29, 0.717) is 6.61 Å². The Hall–Kier alpha value is -0.710. The minimum absolute atomic E-state index is 0.191. The Morgan fingerprint density at radius 2 is 1.31 bits per heavy atom. The van der Waals surface area contributed by atoms with Crippen molar-refractivity contribution in [2.75, 3.05) is 26.7 Å². The maximum absolute atomic E-state index is 12.4. The fourth-order valence-electron chi connectivity index (χ4n) is 5.15. The Bertz CT molecular complexity index is 691. The summed E-state index contributed by atoms with van der Waals surface area (Å²) >= 11 is 0. The molecule has 202 valence electrons. The van der Waals surface area contributed by atoms with Crippen LogP contribution in [0.4, 0.5) is 0 Å². The van der Waals surface area contributed by atoms with Crippen molar-refractivity contribution in [3.8, 4) is 0 Å². The van der Waals surface area contributed by atoms with Gasteiger partial charge in [0, 0.05) is 18.4 Å². The number of hydrogen-bond acceptors (Lipinski definition) is 3. The summed E-state index contributed by atoms with van der Waals surface area (Å²) in [5.41, 5.74) is 1.33. The molecular formula is C29H53NO4P+. The molecule has 1 fully saturated rings. The van der Waals surface area contributed by atoms with Crippen LogP contribution < -0.4 is 0 Å². The topological polar surface area (TPSA) is 55.8 Å². The summed E-state index contributed by atoms with van der Waals surface area (Å²) in [6.45, 7) is 5.45. The first-order chi connectivity index (χ1) is 16.9. The molecule has 0 amide bonds. The third-order valence-electron chi connectivity index (χ3n) is 7.42. The van der Waals surface area contributed by atoms with Crippen LogP contribution in [-0.2, 0) is 20.2 Å². The second-order valence-corrected chi connectivity index (χ2v) is 12.3. The minimum atomic E-state index is -3.96. The van der Waals surface area contributed by atoms with E-state index in [0.717, 1.165) is 49.8 Å². The number of unbranched alkanes of at least 4 members (excludes halogenated alkanes) is 13. The Labute approximate surface area is 215 Å². The van der Waals surface area contributed by atoms with Crippen molar-refractivity contribution in [2.24, 2.45) is 0 Å². The molecule has 1 saturated heterocycles. The molecule has 1 atom stereocenters. The van der Waals surface area contributed by atoms with Crippen LogP contribution in [0.1, 0.15) is 115 Å². The lowest BCUT2D eigenvalue weighted by Crippen LogP contribution is -2.50. The van der Waals surface area contributed by atoms with Crippen molar-refractivity contribution >= 4 is 7.82 Å². The van der Waals surface area contributed by atoms with E-state index < -0.39 is 7.82 Å². The van der Waals surface area contributed by atoms with Gasteiger partial charge >= 0.3 is 7.82 Å². The summed E-state index contributed by atoms with van der Waals surface area (Å²) in [4.78, 5) is 10.1. The Balaban J connectivity index is 1.43. The van der Waals surface area contributed by atoms with E-state index in [1.165, 1.54) is 82.6 Å². The minimum Gasteiger partial charge on any atom is -0.322 e.